The minimum absolute atomic E-state index is 0.0604. The van der Waals surface area contributed by atoms with Gasteiger partial charge in [-0.1, -0.05) is 41.6 Å². The summed E-state index contributed by atoms with van der Waals surface area (Å²) < 4.78 is 30.9. The molecule has 6 nitrogen and oxygen atoms in total. The van der Waals surface area contributed by atoms with Crippen LogP contribution < -0.4 is 10.1 Å². The highest BCUT2D eigenvalue weighted by molar-refractivity contribution is 8.25. The largest absolute Gasteiger partial charge is 0.457 e. The van der Waals surface area contributed by atoms with Gasteiger partial charge in [0.05, 0.1) is 4.90 Å². The Morgan fingerprint density at radius 1 is 0.914 bits per heavy atom. The summed E-state index contributed by atoms with van der Waals surface area (Å²) in [5, 5.41) is 2.05. The molecule has 2 amide bonds. The summed E-state index contributed by atoms with van der Waals surface area (Å²) in [5.41, 5.74) is 0.776. The molecular formula is C26H20ClNO5S2. The molecule has 0 spiro atoms. The van der Waals surface area contributed by atoms with E-state index in [0.717, 1.165) is 5.56 Å². The van der Waals surface area contributed by atoms with Crippen LogP contribution in [0.25, 0.3) is 0 Å². The molecule has 0 saturated carbocycles. The molecule has 35 heavy (non-hydrogen) atoms. The Morgan fingerprint density at radius 2 is 1.57 bits per heavy atom. The third-order valence-corrected chi connectivity index (χ3v) is 9.57. The van der Waals surface area contributed by atoms with Gasteiger partial charge in [-0.05, 0) is 85.3 Å². The van der Waals surface area contributed by atoms with Gasteiger partial charge in [-0.2, -0.15) is 0 Å². The molecule has 1 unspecified atom stereocenters. The van der Waals surface area contributed by atoms with Crippen LogP contribution in [0.5, 0.6) is 11.5 Å². The zero-order valence-electron chi connectivity index (χ0n) is 18.4. The van der Waals surface area contributed by atoms with Gasteiger partial charge < -0.3 is 4.74 Å². The molecule has 0 aliphatic carbocycles. The highest BCUT2D eigenvalue weighted by atomic mass is 35.5. The fourth-order valence-electron chi connectivity index (χ4n) is 3.49. The van der Waals surface area contributed by atoms with E-state index in [1.165, 1.54) is 24.3 Å². The quantitative estimate of drug-likeness (QED) is 0.309. The fraction of sp³-hybridized carbons (Fsp3) is 0.154. The predicted octanol–water partition coefficient (Wildman–Crippen LogP) is 5.81. The fourth-order valence-corrected chi connectivity index (χ4v) is 6.99. The molecule has 1 aliphatic rings. The van der Waals surface area contributed by atoms with Gasteiger partial charge in [0.15, 0.2) is 0 Å². The summed E-state index contributed by atoms with van der Waals surface area (Å²) in [6.45, 7) is 0. The average molecular weight is 526 g/mol. The maximum atomic E-state index is 13.6. The Balaban J connectivity index is 1.51. The second-order valence-electron chi connectivity index (χ2n) is 7.65. The van der Waals surface area contributed by atoms with Crippen molar-refractivity contribution in [1.82, 2.24) is 5.32 Å². The van der Waals surface area contributed by atoms with Gasteiger partial charge in [-0.3, -0.25) is 14.9 Å². The van der Waals surface area contributed by atoms with Gasteiger partial charge in [0, 0.05) is 17.0 Å². The molecule has 1 heterocycles. The van der Waals surface area contributed by atoms with Crippen molar-refractivity contribution in [3.63, 3.8) is 0 Å². The van der Waals surface area contributed by atoms with E-state index >= 15 is 0 Å². The van der Waals surface area contributed by atoms with Crippen LogP contribution in [0.4, 0.5) is 4.79 Å². The molecule has 0 bridgehead atoms. The van der Waals surface area contributed by atoms with E-state index in [0.29, 0.717) is 41.1 Å². The first-order valence-electron chi connectivity index (χ1n) is 10.7. The Labute approximate surface area is 212 Å². The zero-order chi connectivity index (χ0) is 24.9. The van der Waals surface area contributed by atoms with E-state index in [4.69, 9.17) is 16.3 Å². The molecule has 0 aromatic heterocycles. The van der Waals surface area contributed by atoms with Crippen molar-refractivity contribution in [2.75, 3.05) is 0 Å². The maximum absolute atomic E-state index is 13.6. The summed E-state index contributed by atoms with van der Waals surface area (Å²) in [6, 6.07) is 21.9. The third kappa shape index (κ3) is 5.54. The first kappa shape index (κ1) is 24.9. The number of para-hydroxylation sites is 1. The molecule has 1 fully saturated rings. The lowest BCUT2D eigenvalue weighted by Crippen LogP contribution is -2.43. The van der Waals surface area contributed by atoms with Gasteiger partial charge in [0.2, 0.25) is 13.9 Å². The number of amides is 2. The molecule has 1 aliphatic heterocycles. The number of rotatable bonds is 7. The van der Waals surface area contributed by atoms with Gasteiger partial charge in [0.1, 0.15) is 11.5 Å². The van der Waals surface area contributed by atoms with E-state index in [9.17, 15) is 18.0 Å². The number of nitrogens with one attached hydrogen (secondary N) is 1. The molecule has 1 N–H and O–H groups in total. The number of thioether (sulfide) groups is 1. The van der Waals surface area contributed by atoms with Gasteiger partial charge in [0.25, 0.3) is 11.1 Å². The standard InChI is InChI=1S/C26H20ClNO5S2/c27-20-12-10-19(11-13-20)7-3-2-6-18-26(24(29)28-25(30)34-26)35(31,32)23-16-14-22(15-17-23)33-21-8-4-1-5-9-21/h1,4-5,8-17H,2,6,18H2,(H,28,29,30). The summed E-state index contributed by atoms with van der Waals surface area (Å²) in [7, 11) is -4.20. The number of sulfone groups is 1. The monoisotopic (exact) mass is 525 g/mol. The summed E-state index contributed by atoms with van der Waals surface area (Å²) in [6.07, 6.45) is 0.601. The van der Waals surface area contributed by atoms with Crippen molar-refractivity contribution in [3.05, 3.63) is 89.4 Å². The number of imide groups is 1. The lowest BCUT2D eigenvalue weighted by molar-refractivity contribution is -0.120. The van der Waals surface area contributed by atoms with E-state index in [-0.39, 0.29) is 11.3 Å². The molecule has 1 atom stereocenters. The number of carbonyl (C=O) groups excluding carboxylic acids is 2. The Morgan fingerprint density at radius 3 is 2.20 bits per heavy atom. The molecule has 3 aromatic carbocycles. The second kappa shape index (κ2) is 10.6. The van der Waals surface area contributed by atoms with Gasteiger partial charge in [-0.15, -0.1) is 0 Å². The Bertz CT molecular complexity index is 1400. The Hall–Kier alpha value is -3.25. The first-order valence-corrected chi connectivity index (χ1v) is 13.3. The van der Waals surface area contributed by atoms with E-state index < -0.39 is 25.1 Å². The number of carbonyl (C=O) groups is 2. The topological polar surface area (TPSA) is 89.5 Å². The van der Waals surface area contributed by atoms with Crippen molar-refractivity contribution in [3.8, 4) is 23.3 Å². The van der Waals surface area contributed by atoms with Crippen molar-refractivity contribution >= 4 is 44.3 Å². The first-order chi connectivity index (χ1) is 16.8. The van der Waals surface area contributed by atoms with Crippen LogP contribution in [0.2, 0.25) is 5.02 Å². The van der Waals surface area contributed by atoms with Gasteiger partial charge >= 0.3 is 0 Å². The minimum Gasteiger partial charge on any atom is -0.457 e. The van der Waals surface area contributed by atoms with E-state index in [1.54, 1.807) is 36.4 Å². The molecule has 4 rings (SSSR count). The van der Waals surface area contributed by atoms with Crippen molar-refractivity contribution in [1.29, 1.82) is 0 Å². The van der Waals surface area contributed by atoms with E-state index in [1.807, 2.05) is 18.2 Å². The number of halogens is 1. The maximum Gasteiger partial charge on any atom is 0.287 e. The lowest BCUT2D eigenvalue weighted by atomic mass is 10.1. The SMILES string of the molecule is O=C1NC(=O)C(CCCC#Cc2ccc(Cl)cc2)(S(=O)(=O)c2ccc(Oc3ccccc3)cc2)S1. The summed E-state index contributed by atoms with van der Waals surface area (Å²) >= 11 is 6.37. The van der Waals surface area contributed by atoms with Crippen LogP contribution in [-0.4, -0.2) is 23.6 Å². The van der Waals surface area contributed by atoms with Crippen LogP contribution in [0.1, 0.15) is 24.8 Å². The van der Waals surface area contributed by atoms with Crippen molar-refractivity contribution in [2.24, 2.45) is 0 Å². The van der Waals surface area contributed by atoms with Gasteiger partial charge in [-0.25, -0.2) is 8.42 Å². The zero-order valence-corrected chi connectivity index (χ0v) is 20.8. The smallest absolute Gasteiger partial charge is 0.287 e. The number of benzene rings is 3. The highest BCUT2D eigenvalue weighted by Gasteiger charge is 2.57. The van der Waals surface area contributed by atoms with Crippen LogP contribution >= 0.6 is 23.4 Å². The Kier molecular flexibility index (Phi) is 7.51. The summed E-state index contributed by atoms with van der Waals surface area (Å²) in [5.74, 6) is 6.18. The van der Waals surface area contributed by atoms with Crippen LogP contribution in [0, 0.1) is 11.8 Å². The average Bonchev–Trinajstić information content (AvgIpc) is 3.15. The number of hydrogen-bond donors (Lipinski definition) is 1. The number of unbranched alkanes of at least 4 members (excludes halogenated alkanes) is 1. The molecule has 3 aromatic rings. The third-order valence-electron chi connectivity index (χ3n) is 5.25. The number of ether oxygens (including phenoxy) is 1. The lowest BCUT2D eigenvalue weighted by Gasteiger charge is -2.24. The highest BCUT2D eigenvalue weighted by Crippen LogP contribution is 2.44. The predicted molar refractivity (Wildman–Crippen MR) is 136 cm³/mol. The minimum atomic E-state index is -4.20. The second-order valence-corrected chi connectivity index (χ2v) is 11.8. The van der Waals surface area contributed by atoms with Crippen LogP contribution in [0.3, 0.4) is 0 Å². The van der Waals surface area contributed by atoms with Crippen molar-refractivity contribution in [2.45, 2.75) is 28.2 Å². The molecular weight excluding hydrogens is 506 g/mol. The molecule has 9 heteroatoms. The van der Waals surface area contributed by atoms with Crippen LogP contribution in [-0.2, 0) is 14.6 Å². The molecule has 178 valence electrons. The van der Waals surface area contributed by atoms with Crippen molar-refractivity contribution < 1.29 is 22.7 Å². The molecule has 0 radical (unpaired) electrons. The number of hydrogen-bond acceptors (Lipinski definition) is 6. The molecule has 1 saturated heterocycles. The normalized spacial score (nSPS) is 17.4. The summed E-state index contributed by atoms with van der Waals surface area (Å²) in [4.78, 5) is 24.7. The van der Waals surface area contributed by atoms with Crippen LogP contribution in [0.15, 0.2) is 83.8 Å². The van der Waals surface area contributed by atoms with E-state index in [2.05, 4.69) is 17.2 Å².